The lowest BCUT2D eigenvalue weighted by Crippen LogP contribution is -2.37. The van der Waals surface area contributed by atoms with Crippen LogP contribution in [0.1, 0.15) is 105 Å². The first kappa shape index (κ1) is 34.5. The fourth-order valence-electron chi connectivity index (χ4n) is 5.43. The zero-order valence-corrected chi connectivity index (χ0v) is 27.1. The third-order valence-electron chi connectivity index (χ3n) is 8.91. The maximum Gasteiger partial charge on any atom is 0.0724 e. The molecule has 4 nitrogen and oxygen atoms in total. The highest BCUT2D eigenvalue weighted by Crippen LogP contribution is 2.36. The molecule has 2 aromatic carbocycles. The first-order valence-electron chi connectivity index (χ1n) is 15.6. The molecule has 2 aromatic rings. The first-order chi connectivity index (χ1) is 19.1. The van der Waals surface area contributed by atoms with E-state index in [9.17, 15) is 0 Å². The van der Waals surface area contributed by atoms with E-state index in [-0.39, 0.29) is 16.6 Å². The summed E-state index contributed by atoms with van der Waals surface area (Å²) in [5, 5.41) is 0. The molecule has 0 aromatic heterocycles. The second-order valence-corrected chi connectivity index (χ2v) is 12.5. The van der Waals surface area contributed by atoms with Gasteiger partial charge in [0, 0.05) is 20.3 Å². The van der Waals surface area contributed by atoms with Crippen molar-refractivity contribution in [1.29, 1.82) is 0 Å². The van der Waals surface area contributed by atoms with Crippen molar-refractivity contribution in [3.8, 4) is 11.1 Å². The lowest BCUT2D eigenvalue weighted by atomic mass is 9.77. The van der Waals surface area contributed by atoms with Crippen LogP contribution in [0, 0.1) is 11.3 Å². The van der Waals surface area contributed by atoms with Crippen molar-refractivity contribution in [2.24, 2.45) is 11.3 Å². The molecule has 2 rings (SSSR count). The van der Waals surface area contributed by atoms with Gasteiger partial charge in [0.25, 0.3) is 0 Å². The van der Waals surface area contributed by atoms with Gasteiger partial charge in [-0.3, -0.25) is 0 Å². The third kappa shape index (κ3) is 10.9. The molecule has 0 heterocycles. The molecule has 0 saturated carbocycles. The lowest BCUT2D eigenvalue weighted by Gasteiger charge is -2.38. The maximum absolute atomic E-state index is 6.51. The zero-order chi connectivity index (χ0) is 29.7. The van der Waals surface area contributed by atoms with Crippen LogP contribution in [0.5, 0.6) is 0 Å². The van der Waals surface area contributed by atoms with Crippen LogP contribution in [-0.2, 0) is 32.2 Å². The molecule has 4 atom stereocenters. The van der Waals surface area contributed by atoms with Gasteiger partial charge in [0.15, 0.2) is 0 Å². The molecular weight excluding hydrogens is 496 g/mol. The average molecular weight is 555 g/mol. The molecule has 0 aliphatic heterocycles. The summed E-state index contributed by atoms with van der Waals surface area (Å²) >= 11 is 0. The molecule has 0 N–H and O–H groups in total. The Bertz CT molecular complexity index is 956. The molecular formula is C36H58O4. The lowest BCUT2D eigenvalue weighted by molar-refractivity contribution is -0.0855. The van der Waals surface area contributed by atoms with Crippen LogP contribution >= 0.6 is 0 Å². The average Bonchev–Trinajstić information content (AvgIpc) is 2.98. The van der Waals surface area contributed by atoms with Crippen molar-refractivity contribution in [1.82, 2.24) is 0 Å². The van der Waals surface area contributed by atoms with Crippen LogP contribution in [0.15, 0.2) is 48.5 Å². The molecule has 0 aliphatic carbocycles. The van der Waals surface area contributed by atoms with Crippen LogP contribution in [0.4, 0.5) is 0 Å². The molecule has 0 amide bonds. The van der Waals surface area contributed by atoms with E-state index < -0.39 is 0 Å². The smallest absolute Gasteiger partial charge is 0.0724 e. The summed E-state index contributed by atoms with van der Waals surface area (Å²) in [6.07, 6.45) is 6.17. The van der Waals surface area contributed by atoms with Gasteiger partial charge in [0.1, 0.15) is 0 Å². The second kappa shape index (κ2) is 16.7. The first-order valence-corrected chi connectivity index (χ1v) is 15.6. The molecule has 226 valence electrons. The molecule has 0 fully saturated rings. The Morgan fingerprint density at radius 3 is 1.57 bits per heavy atom. The Labute approximate surface area is 246 Å². The molecule has 4 unspecified atom stereocenters. The Morgan fingerprint density at radius 2 is 1.18 bits per heavy atom. The SMILES string of the molecule is CCOCC(CC)CC(C)(CC)OCc1ccc(-c2ccc(COC(C)(CC)CC(C)(CC)COC)cc2)cc1. The highest BCUT2D eigenvalue weighted by molar-refractivity contribution is 5.63. The summed E-state index contributed by atoms with van der Waals surface area (Å²) < 4.78 is 24.2. The van der Waals surface area contributed by atoms with E-state index in [0.29, 0.717) is 19.1 Å². The van der Waals surface area contributed by atoms with E-state index in [1.54, 1.807) is 7.11 Å². The predicted molar refractivity (Wildman–Crippen MR) is 169 cm³/mol. The van der Waals surface area contributed by atoms with Gasteiger partial charge >= 0.3 is 0 Å². The molecule has 0 radical (unpaired) electrons. The van der Waals surface area contributed by atoms with Gasteiger partial charge in [-0.2, -0.15) is 0 Å². The predicted octanol–water partition coefficient (Wildman–Crippen LogP) is 9.63. The Kier molecular flexibility index (Phi) is 14.4. The summed E-state index contributed by atoms with van der Waals surface area (Å²) in [6.45, 7) is 21.4. The number of methoxy groups -OCH3 is 1. The van der Waals surface area contributed by atoms with Gasteiger partial charge in [-0.15, -0.1) is 0 Å². The van der Waals surface area contributed by atoms with Gasteiger partial charge < -0.3 is 18.9 Å². The summed E-state index contributed by atoms with van der Waals surface area (Å²) in [5.41, 5.74) is 4.65. The van der Waals surface area contributed by atoms with Gasteiger partial charge in [-0.05, 0) is 86.5 Å². The van der Waals surface area contributed by atoms with E-state index >= 15 is 0 Å². The molecule has 0 aliphatic rings. The maximum atomic E-state index is 6.51. The Balaban J connectivity index is 1.96. The number of benzene rings is 2. The highest BCUT2D eigenvalue weighted by atomic mass is 16.5. The van der Waals surface area contributed by atoms with Crippen molar-refractivity contribution in [3.05, 3.63) is 59.7 Å². The van der Waals surface area contributed by atoms with Crippen LogP contribution < -0.4 is 0 Å². The van der Waals surface area contributed by atoms with Gasteiger partial charge in [0.2, 0.25) is 0 Å². The van der Waals surface area contributed by atoms with E-state index in [2.05, 4.69) is 104 Å². The normalized spacial score (nSPS) is 17.1. The number of ether oxygens (including phenoxy) is 4. The topological polar surface area (TPSA) is 36.9 Å². The fourth-order valence-corrected chi connectivity index (χ4v) is 5.43. The summed E-state index contributed by atoms with van der Waals surface area (Å²) in [5.74, 6) is 0.531. The largest absolute Gasteiger partial charge is 0.384 e. The van der Waals surface area contributed by atoms with Crippen LogP contribution in [-0.4, -0.2) is 38.1 Å². The number of hydrogen-bond acceptors (Lipinski definition) is 4. The van der Waals surface area contributed by atoms with Gasteiger partial charge in [-0.1, -0.05) is 89.6 Å². The van der Waals surface area contributed by atoms with Crippen molar-refractivity contribution in [3.63, 3.8) is 0 Å². The van der Waals surface area contributed by atoms with E-state index in [1.165, 1.54) is 22.3 Å². The van der Waals surface area contributed by atoms with Crippen molar-refractivity contribution in [2.45, 2.75) is 118 Å². The van der Waals surface area contributed by atoms with E-state index in [1.807, 2.05) is 0 Å². The monoisotopic (exact) mass is 554 g/mol. The molecule has 0 bridgehead atoms. The van der Waals surface area contributed by atoms with Crippen LogP contribution in [0.2, 0.25) is 0 Å². The molecule has 0 spiro atoms. The fraction of sp³-hybridized carbons (Fsp3) is 0.667. The minimum absolute atomic E-state index is 0.122. The van der Waals surface area contributed by atoms with Crippen LogP contribution in [0.25, 0.3) is 11.1 Å². The van der Waals surface area contributed by atoms with E-state index in [4.69, 9.17) is 18.9 Å². The second-order valence-electron chi connectivity index (χ2n) is 12.5. The molecule has 4 heteroatoms. The Morgan fingerprint density at radius 1 is 0.675 bits per heavy atom. The minimum atomic E-state index is -0.172. The minimum Gasteiger partial charge on any atom is -0.384 e. The number of hydrogen-bond donors (Lipinski definition) is 0. The standard InChI is InChI=1S/C36H58O4/c1-10-29(24-38-14-5)23-35(7,12-3)39-25-30-15-19-32(20-16-30)33-21-17-31(18-22-33)26-40-36(8,13-4)27-34(6,11-2)28-37-9/h15-22,29H,10-14,23-28H2,1-9H3. The number of rotatable bonds is 20. The Hall–Kier alpha value is -1.72. The van der Waals surface area contributed by atoms with Gasteiger partial charge in [0.05, 0.1) is 31.0 Å². The van der Waals surface area contributed by atoms with Crippen molar-refractivity contribution in [2.75, 3.05) is 26.9 Å². The summed E-state index contributed by atoms with van der Waals surface area (Å²) in [4.78, 5) is 0. The third-order valence-corrected chi connectivity index (χ3v) is 8.91. The zero-order valence-electron chi connectivity index (χ0n) is 27.1. The highest BCUT2D eigenvalue weighted by Gasteiger charge is 2.34. The van der Waals surface area contributed by atoms with Crippen molar-refractivity contribution < 1.29 is 18.9 Å². The molecule has 40 heavy (non-hydrogen) atoms. The summed E-state index contributed by atoms with van der Waals surface area (Å²) in [7, 11) is 1.79. The van der Waals surface area contributed by atoms with Crippen LogP contribution in [0.3, 0.4) is 0 Å². The quantitative estimate of drug-likeness (QED) is 0.163. The van der Waals surface area contributed by atoms with Gasteiger partial charge in [-0.25, -0.2) is 0 Å². The molecule has 0 saturated heterocycles. The van der Waals surface area contributed by atoms with E-state index in [0.717, 1.165) is 58.3 Å². The van der Waals surface area contributed by atoms with Crippen molar-refractivity contribution >= 4 is 0 Å². The summed E-state index contributed by atoms with van der Waals surface area (Å²) in [6, 6.07) is 17.6.